The standard InChI is InChI=1S/C19H40N4O2/c1-5-20-19(21-9-6-13-25-16-17(2)3)22-15-18-7-10-23(11-8-18)12-14-24-4/h17-18H,5-16H2,1-4H3,(H2,20,21,22). The van der Waals surface area contributed by atoms with E-state index in [0.717, 1.165) is 58.4 Å². The van der Waals surface area contributed by atoms with Crippen LogP contribution in [0, 0.1) is 11.8 Å². The SMILES string of the molecule is CCNC(=NCC1CCN(CCOC)CC1)NCCCOCC(C)C. The number of hydrogen-bond acceptors (Lipinski definition) is 4. The highest BCUT2D eigenvalue weighted by atomic mass is 16.5. The van der Waals surface area contributed by atoms with Crippen molar-refractivity contribution in [3.05, 3.63) is 0 Å². The molecule has 0 spiro atoms. The van der Waals surface area contributed by atoms with Crippen LogP contribution in [-0.4, -0.2) is 77.1 Å². The molecule has 1 rings (SSSR count). The zero-order valence-corrected chi connectivity index (χ0v) is 16.9. The van der Waals surface area contributed by atoms with E-state index in [9.17, 15) is 0 Å². The van der Waals surface area contributed by atoms with Gasteiger partial charge in [0.1, 0.15) is 0 Å². The van der Waals surface area contributed by atoms with E-state index in [1.165, 1.54) is 25.9 Å². The molecule has 0 radical (unpaired) electrons. The fourth-order valence-electron chi connectivity index (χ4n) is 2.88. The van der Waals surface area contributed by atoms with Crippen molar-refractivity contribution < 1.29 is 9.47 Å². The Hall–Kier alpha value is -0.850. The van der Waals surface area contributed by atoms with E-state index < -0.39 is 0 Å². The lowest BCUT2D eigenvalue weighted by Crippen LogP contribution is -2.39. The average molecular weight is 357 g/mol. The maximum atomic E-state index is 5.62. The quantitative estimate of drug-likeness (QED) is 0.318. The van der Waals surface area contributed by atoms with Crippen LogP contribution in [0.3, 0.4) is 0 Å². The van der Waals surface area contributed by atoms with E-state index in [1.54, 1.807) is 7.11 Å². The molecule has 1 fully saturated rings. The number of likely N-dealkylation sites (tertiary alicyclic amines) is 1. The minimum Gasteiger partial charge on any atom is -0.383 e. The van der Waals surface area contributed by atoms with E-state index in [4.69, 9.17) is 14.5 Å². The molecule has 0 bridgehead atoms. The van der Waals surface area contributed by atoms with Gasteiger partial charge in [-0.3, -0.25) is 4.99 Å². The van der Waals surface area contributed by atoms with Crippen LogP contribution in [0.1, 0.15) is 40.0 Å². The van der Waals surface area contributed by atoms with Gasteiger partial charge >= 0.3 is 0 Å². The fourth-order valence-corrected chi connectivity index (χ4v) is 2.88. The van der Waals surface area contributed by atoms with Crippen molar-refractivity contribution >= 4 is 5.96 Å². The van der Waals surface area contributed by atoms with Gasteiger partial charge in [-0.2, -0.15) is 0 Å². The number of guanidine groups is 1. The first-order chi connectivity index (χ1) is 12.2. The fraction of sp³-hybridized carbons (Fsp3) is 0.947. The summed E-state index contributed by atoms with van der Waals surface area (Å²) in [6.45, 7) is 15.0. The molecule has 0 aliphatic carbocycles. The number of methoxy groups -OCH3 is 1. The number of nitrogens with one attached hydrogen (secondary N) is 2. The van der Waals surface area contributed by atoms with Gasteiger partial charge in [0.15, 0.2) is 5.96 Å². The highest BCUT2D eigenvalue weighted by Crippen LogP contribution is 2.17. The van der Waals surface area contributed by atoms with Crippen LogP contribution in [-0.2, 0) is 9.47 Å². The Balaban J connectivity index is 2.19. The van der Waals surface area contributed by atoms with Gasteiger partial charge in [-0.1, -0.05) is 13.8 Å². The number of rotatable bonds is 12. The summed E-state index contributed by atoms with van der Waals surface area (Å²) in [5.74, 6) is 2.24. The third-order valence-electron chi connectivity index (χ3n) is 4.38. The van der Waals surface area contributed by atoms with Crippen molar-refractivity contribution in [1.82, 2.24) is 15.5 Å². The van der Waals surface area contributed by atoms with Crippen LogP contribution >= 0.6 is 0 Å². The van der Waals surface area contributed by atoms with Crippen LogP contribution < -0.4 is 10.6 Å². The second kappa shape index (κ2) is 14.3. The van der Waals surface area contributed by atoms with Gasteiger partial charge in [0, 0.05) is 46.5 Å². The molecule has 1 heterocycles. The molecule has 148 valence electrons. The highest BCUT2D eigenvalue weighted by Gasteiger charge is 2.18. The first-order valence-electron chi connectivity index (χ1n) is 9.96. The highest BCUT2D eigenvalue weighted by molar-refractivity contribution is 5.79. The Morgan fingerprint density at radius 2 is 1.96 bits per heavy atom. The summed E-state index contributed by atoms with van der Waals surface area (Å²) in [5, 5.41) is 6.76. The molecule has 6 nitrogen and oxygen atoms in total. The molecule has 0 atom stereocenters. The maximum absolute atomic E-state index is 5.62. The van der Waals surface area contributed by atoms with E-state index >= 15 is 0 Å². The number of piperidine rings is 1. The molecule has 0 aromatic rings. The van der Waals surface area contributed by atoms with Gasteiger partial charge in [-0.15, -0.1) is 0 Å². The summed E-state index contributed by atoms with van der Waals surface area (Å²) in [7, 11) is 1.77. The van der Waals surface area contributed by atoms with Gasteiger partial charge < -0.3 is 25.0 Å². The lowest BCUT2D eigenvalue weighted by atomic mass is 9.97. The first kappa shape index (κ1) is 22.2. The molecule has 0 aromatic heterocycles. The Labute approximate surface area is 154 Å². The smallest absolute Gasteiger partial charge is 0.191 e. The topological polar surface area (TPSA) is 58.1 Å². The molecule has 25 heavy (non-hydrogen) atoms. The molecule has 0 amide bonds. The Morgan fingerprint density at radius 3 is 2.60 bits per heavy atom. The molecule has 0 aromatic carbocycles. The molecule has 1 saturated heterocycles. The van der Waals surface area contributed by atoms with Crippen LogP contribution in [0.2, 0.25) is 0 Å². The van der Waals surface area contributed by atoms with Gasteiger partial charge in [-0.25, -0.2) is 0 Å². The predicted octanol–water partition coefficient (Wildman–Crippen LogP) is 1.96. The predicted molar refractivity (Wildman–Crippen MR) is 105 cm³/mol. The normalized spacial score (nSPS) is 17.2. The lowest BCUT2D eigenvalue weighted by molar-refractivity contribution is 0.108. The lowest BCUT2D eigenvalue weighted by Gasteiger charge is -2.31. The molecule has 6 heteroatoms. The summed E-state index contributed by atoms with van der Waals surface area (Å²) in [6.07, 6.45) is 3.47. The second-order valence-corrected chi connectivity index (χ2v) is 7.25. The summed E-state index contributed by atoms with van der Waals surface area (Å²) in [4.78, 5) is 7.27. The third-order valence-corrected chi connectivity index (χ3v) is 4.38. The molecular formula is C19H40N4O2. The Morgan fingerprint density at radius 1 is 1.20 bits per heavy atom. The van der Waals surface area contributed by atoms with E-state index in [0.29, 0.717) is 11.8 Å². The van der Waals surface area contributed by atoms with E-state index in [2.05, 4.69) is 36.3 Å². The zero-order valence-electron chi connectivity index (χ0n) is 16.9. The van der Waals surface area contributed by atoms with Crippen molar-refractivity contribution in [2.75, 3.05) is 66.2 Å². The number of nitrogens with zero attached hydrogens (tertiary/aromatic N) is 2. The summed E-state index contributed by atoms with van der Waals surface area (Å²) in [5.41, 5.74) is 0. The monoisotopic (exact) mass is 356 g/mol. The maximum Gasteiger partial charge on any atom is 0.191 e. The number of hydrogen-bond donors (Lipinski definition) is 2. The van der Waals surface area contributed by atoms with Crippen molar-refractivity contribution in [3.8, 4) is 0 Å². The van der Waals surface area contributed by atoms with Gasteiger partial charge in [-0.05, 0) is 51.1 Å². The molecule has 0 saturated carbocycles. The molecule has 1 aliphatic heterocycles. The summed E-state index contributed by atoms with van der Waals surface area (Å²) in [6, 6.07) is 0. The third kappa shape index (κ3) is 11.4. The van der Waals surface area contributed by atoms with Crippen LogP contribution in [0.5, 0.6) is 0 Å². The second-order valence-electron chi connectivity index (χ2n) is 7.25. The van der Waals surface area contributed by atoms with E-state index in [1.807, 2.05) is 0 Å². The van der Waals surface area contributed by atoms with Crippen molar-refractivity contribution in [2.45, 2.75) is 40.0 Å². The first-order valence-corrected chi connectivity index (χ1v) is 9.96. The van der Waals surface area contributed by atoms with Crippen LogP contribution in [0.15, 0.2) is 4.99 Å². The molecular weight excluding hydrogens is 316 g/mol. The van der Waals surface area contributed by atoms with Crippen LogP contribution in [0.25, 0.3) is 0 Å². The molecule has 2 N–H and O–H groups in total. The molecule has 1 aliphatic rings. The largest absolute Gasteiger partial charge is 0.383 e. The molecule has 0 unspecified atom stereocenters. The zero-order chi connectivity index (χ0) is 18.3. The number of aliphatic imine (C=N–C) groups is 1. The minimum absolute atomic E-state index is 0.604. The van der Waals surface area contributed by atoms with Crippen LogP contribution in [0.4, 0.5) is 0 Å². The Kier molecular flexibility index (Phi) is 12.7. The van der Waals surface area contributed by atoms with Gasteiger partial charge in [0.2, 0.25) is 0 Å². The minimum atomic E-state index is 0.604. The number of ether oxygens (including phenoxy) is 2. The Bertz CT molecular complexity index is 342. The summed E-state index contributed by atoms with van der Waals surface area (Å²) < 4.78 is 10.8. The van der Waals surface area contributed by atoms with Crippen molar-refractivity contribution in [3.63, 3.8) is 0 Å². The van der Waals surface area contributed by atoms with Gasteiger partial charge in [0.25, 0.3) is 0 Å². The average Bonchev–Trinajstić information content (AvgIpc) is 2.61. The van der Waals surface area contributed by atoms with Crippen molar-refractivity contribution in [2.24, 2.45) is 16.8 Å². The summed E-state index contributed by atoms with van der Waals surface area (Å²) >= 11 is 0. The van der Waals surface area contributed by atoms with Gasteiger partial charge in [0.05, 0.1) is 6.61 Å². The van der Waals surface area contributed by atoms with E-state index in [-0.39, 0.29) is 0 Å². The van der Waals surface area contributed by atoms with Crippen molar-refractivity contribution in [1.29, 1.82) is 0 Å².